The van der Waals surface area contributed by atoms with E-state index >= 15 is 0 Å². The molecule has 0 aromatic carbocycles. The summed E-state index contributed by atoms with van der Waals surface area (Å²) in [6, 6.07) is 0. The number of nitrogens with zero attached hydrogens (tertiary/aromatic N) is 5. The predicted octanol–water partition coefficient (Wildman–Crippen LogP) is 3.43. The Morgan fingerprint density at radius 1 is 0.853 bits per heavy atom. The molecule has 0 saturated carbocycles. The normalized spacial score (nSPS) is 11.2. The van der Waals surface area contributed by atoms with Gasteiger partial charge >= 0.3 is 17.1 Å². The maximum atomic E-state index is 13.1. The van der Waals surface area contributed by atoms with Crippen LogP contribution in [-0.4, -0.2) is 34.9 Å². The number of nitriles is 1. The third-order valence-electron chi connectivity index (χ3n) is 5.51. The number of aliphatic imine (C=N–C) groups is 1. The van der Waals surface area contributed by atoms with Crippen LogP contribution in [0.25, 0.3) is 0 Å². The van der Waals surface area contributed by atoms with Gasteiger partial charge in [0.1, 0.15) is 6.61 Å². The lowest BCUT2D eigenvalue weighted by molar-refractivity contribution is 0.259. The molecule has 0 unspecified atom stereocenters. The Hall–Kier alpha value is -2.92. The second-order valence-corrected chi connectivity index (χ2v) is 8.27. The lowest BCUT2D eigenvalue weighted by atomic mass is 10.2. The highest BCUT2D eigenvalue weighted by Crippen LogP contribution is 2.03. The minimum Gasteiger partial charge on any atom is -0.428 e. The largest absolute Gasteiger partial charge is 0.428 e. The summed E-state index contributed by atoms with van der Waals surface area (Å²) >= 11 is 0. The molecule has 1 aromatic heterocycles. The van der Waals surface area contributed by atoms with E-state index in [0.717, 1.165) is 68.8 Å². The van der Waals surface area contributed by atoms with Crippen molar-refractivity contribution in [1.29, 1.82) is 5.26 Å². The summed E-state index contributed by atoms with van der Waals surface area (Å²) < 4.78 is 12.7. The van der Waals surface area contributed by atoms with Crippen molar-refractivity contribution in [2.75, 3.05) is 19.7 Å². The van der Waals surface area contributed by atoms with Crippen LogP contribution >= 0.6 is 0 Å². The van der Waals surface area contributed by atoms with Gasteiger partial charge in [0.2, 0.25) is 6.08 Å². The number of aromatic nitrogens is 2. The lowest BCUT2D eigenvalue weighted by Crippen LogP contribution is -2.47. The molecule has 190 valence electrons. The summed E-state index contributed by atoms with van der Waals surface area (Å²) in [5.74, 6) is -0.675. The number of hydrogen-bond donors (Lipinski definition) is 0. The van der Waals surface area contributed by atoms with Crippen molar-refractivity contribution in [1.82, 2.24) is 9.13 Å². The minimum atomic E-state index is -0.675. The van der Waals surface area contributed by atoms with Crippen molar-refractivity contribution in [2.45, 2.75) is 103 Å². The molecule has 0 bridgehead atoms. The fraction of sp³-hybridized carbons (Fsp3) is 0.792. The van der Waals surface area contributed by atoms with E-state index in [9.17, 15) is 14.4 Å². The van der Waals surface area contributed by atoms with E-state index in [2.05, 4.69) is 21.6 Å². The first-order chi connectivity index (χ1) is 16.7. The molecule has 0 spiro atoms. The van der Waals surface area contributed by atoms with Crippen LogP contribution in [0.4, 0.5) is 0 Å². The maximum Gasteiger partial charge on any atom is 0.425 e. The molecule has 1 aromatic rings. The highest BCUT2D eigenvalue weighted by molar-refractivity contribution is 5.32. The highest BCUT2D eigenvalue weighted by Gasteiger charge is 2.11. The van der Waals surface area contributed by atoms with E-state index in [1.165, 1.54) is 23.5 Å². The van der Waals surface area contributed by atoms with Gasteiger partial charge in [0, 0.05) is 19.6 Å². The molecule has 1 rings (SSSR count). The minimum absolute atomic E-state index is 0.0981. The zero-order valence-corrected chi connectivity index (χ0v) is 20.5. The molecule has 0 saturated heterocycles. The zero-order valence-electron chi connectivity index (χ0n) is 20.5. The van der Waals surface area contributed by atoms with Gasteiger partial charge in [-0.1, -0.05) is 51.9 Å². The van der Waals surface area contributed by atoms with E-state index in [-0.39, 0.29) is 17.9 Å². The molecule has 0 amide bonds. The quantitative estimate of drug-likeness (QED) is 0.122. The maximum absolute atomic E-state index is 13.1. The summed E-state index contributed by atoms with van der Waals surface area (Å²) in [5, 5.41) is 8.37. The third kappa shape index (κ3) is 12.4. The molecule has 0 aliphatic carbocycles. The van der Waals surface area contributed by atoms with E-state index < -0.39 is 5.76 Å². The summed E-state index contributed by atoms with van der Waals surface area (Å²) in [4.78, 5) is 43.7. The van der Waals surface area contributed by atoms with Crippen LogP contribution in [0, 0.1) is 11.5 Å². The number of isocyanates is 1. The van der Waals surface area contributed by atoms with Gasteiger partial charge < -0.3 is 9.15 Å². The van der Waals surface area contributed by atoms with Gasteiger partial charge in [0.05, 0.1) is 6.54 Å². The first kappa shape index (κ1) is 29.1. The fourth-order valence-corrected chi connectivity index (χ4v) is 3.58. The zero-order chi connectivity index (χ0) is 24.9. The van der Waals surface area contributed by atoms with Crippen LogP contribution < -0.4 is 17.1 Å². The van der Waals surface area contributed by atoms with Crippen LogP contribution in [0.1, 0.15) is 90.4 Å². The smallest absolute Gasteiger partial charge is 0.425 e. The van der Waals surface area contributed by atoms with Crippen molar-refractivity contribution in [3.05, 3.63) is 26.7 Å². The summed E-state index contributed by atoms with van der Waals surface area (Å²) in [7, 11) is 0. The van der Waals surface area contributed by atoms with Crippen LogP contribution in [0.2, 0.25) is 0 Å². The SMILES string of the molecule is CCCCCCCN=c1oc(=O)n(CCCCCCOC#N)c(=O)n1CCCCCCN=C=O. The van der Waals surface area contributed by atoms with Gasteiger partial charge in [0.15, 0.2) is 0 Å². The van der Waals surface area contributed by atoms with Crippen LogP contribution in [0.5, 0.6) is 0 Å². The molecule has 0 radical (unpaired) electrons. The number of rotatable bonds is 20. The standard InChI is InChI=1S/C24H39N5O5/c1-2-3-4-5-11-16-27-22-28(17-12-7-6-10-15-26-21-30)23(31)29(24(32)34-22)18-13-8-9-14-19-33-20-25/h2-19H2,1H3. The fourth-order valence-electron chi connectivity index (χ4n) is 3.58. The van der Waals surface area contributed by atoms with Crippen molar-refractivity contribution in [3.8, 4) is 6.26 Å². The number of carbonyl (C=O) groups excluding carboxylic acids is 1. The third-order valence-corrected chi connectivity index (χ3v) is 5.51. The van der Waals surface area contributed by atoms with Crippen molar-refractivity contribution in [2.24, 2.45) is 9.98 Å². The Morgan fingerprint density at radius 3 is 2.15 bits per heavy atom. The average Bonchev–Trinajstić information content (AvgIpc) is 2.83. The van der Waals surface area contributed by atoms with Gasteiger partial charge in [-0.3, -0.25) is 0 Å². The van der Waals surface area contributed by atoms with Gasteiger partial charge in [-0.2, -0.15) is 5.26 Å². The second-order valence-electron chi connectivity index (χ2n) is 8.27. The first-order valence-electron chi connectivity index (χ1n) is 12.6. The number of ether oxygens (including phenoxy) is 1. The van der Waals surface area contributed by atoms with Crippen molar-refractivity contribution >= 4 is 6.08 Å². The predicted molar refractivity (Wildman–Crippen MR) is 128 cm³/mol. The highest BCUT2D eigenvalue weighted by atomic mass is 16.5. The Morgan fingerprint density at radius 2 is 1.47 bits per heavy atom. The topological polar surface area (TPSA) is 132 Å². The van der Waals surface area contributed by atoms with E-state index in [0.29, 0.717) is 32.7 Å². The van der Waals surface area contributed by atoms with Crippen LogP contribution in [0.15, 0.2) is 24.0 Å². The molecule has 10 heteroatoms. The van der Waals surface area contributed by atoms with E-state index in [4.69, 9.17) is 9.68 Å². The summed E-state index contributed by atoms with van der Waals surface area (Å²) in [6.07, 6.45) is 15.0. The molecule has 10 nitrogen and oxygen atoms in total. The molecule has 34 heavy (non-hydrogen) atoms. The Balaban J connectivity index is 2.82. The molecule has 0 aliphatic heterocycles. The summed E-state index contributed by atoms with van der Waals surface area (Å²) in [5.41, 5.74) is -0.291. The Bertz CT molecular complexity index is 950. The Kier molecular flexibility index (Phi) is 16.7. The van der Waals surface area contributed by atoms with Crippen molar-refractivity contribution < 1.29 is 13.9 Å². The van der Waals surface area contributed by atoms with Gasteiger partial charge in [-0.05, 0) is 38.5 Å². The van der Waals surface area contributed by atoms with E-state index in [1.54, 1.807) is 6.26 Å². The Labute approximate surface area is 201 Å². The first-order valence-corrected chi connectivity index (χ1v) is 12.6. The lowest BCUT2D eigenvalue weighted by Gasteiger charge is -2.10. The molecule has 0 fully saturated rings. The van der Waals surface area contributed by atoms with Crippen LogP contribution in [0.3, 0.4) is 0 Å². The summed E-state index contributed by atoms with van der Waals surface area (Å²) in [6.45, 7) is 4.22. The number of unbranched alkanes of at least 4 members (excludes halogenated alkanes) is 10. The molecule has 0 N–H and O–H groups in total. The molecule has 0 atom stereocenters. The molecule has 1 heterocycles. The van der Waals surface area contributed by atoms with E-state index in [1.807, 2.05) is 0 Å². The molecular formula is C24H39N5O5. The van der Waals surface area contributed by atoms with Crippen LogP contribution in [-0.2, 0) is 22.6 Å². The van der Waals surface area contributed by atoms with Gasteiger partial charge in [-0.25, -0.2) is 33.5 Å². The van der Waals surface area contributed by atoms with Gasteiger partial charge in [0.25, 0.3) is 6.26 Å². The number of hydrogen-bond acceptors (Lipinski definition) is 8. The van der Waals surface area contributed by atoms with Gasteiger partial charge in [-0.15, -0.1) is 0 Å². The molecular weight excluding hydrogens is 438 g/mol. The second kappa shape index (κ2) is 19.5. The average molecular weight is 478 g/mol. The molecule has 0 aliphatic rings. The monoisotopic (exact) mass is 477 g/mol. The van der Waals surface area contributed by atoms with Crippen molar-refractivity contribution in [3.63, 3.8) is 0 Å².